The summed E-state index contributed by atoms with van der Waals surface area (Å²) in [4.78, 5) is 0.850. The van der Waals surface area contributed by atoms with Crippen LogP contribution in [0.3, 0.4) is 0 Å². The van der Waals surface area contributed by atoms with Crippen molar-refractivity contribution >= 4 is 9.84 Å². The molecule has 0 aromatic heterocycles. The number of aliphatic hydroxyl groups excluding tert-OH is 1. The van der Waals surface area contributed by atoms with Gasteiger partial charge in [0.15, 0.2) is 0 Å². The van der Waals surface area contributed by atoms with Gasteiger partial charge in [-0.3, -0.25) is 0 Å². The van der Waals surface area contributed by atoms with E-state index in [-0.39, 0.29) is 5.92 Å². The van der Waals surface area contributed by atoms with Crippen LogP contribution in [0.1, 0.15) is 37.0 Å². The summed E-state index contributed by atoms with van der Waals surface area (Å²) in [5, 5.41) is 9.90. The molecule has 0 heterocycles. The van der Waals surface area contributed by atoms with Gasteiger partial charge in [-0.2, -0.15) is 0 Å². The molecular weight excluding hydrogens is 272 g/mol. The van der Waals surface area contributed by atoms with E-state index in [0.29, 0.717) is 29.1 Å². The molecule has 2 aliphatic carbocycles. The van der Waals surface area contributed by atoms with Gasteiger partial charge in [-0.05, 0) is 48.4 Å². The van der Waals surface area contributed by atoms with Gasteiger partial charge in [0.1, 0.15) is 0 Å². The van der Waals surface area contributed by atoms with Crippen LogP contribution in [0.2, 0.25) is 0 Å². The van der Waals surface area contributed by atoms with Crippen molar-refractivity contribution in [1.29, 1.82) is 0 Å². The van der Waals surface area contributed by atoms with Crippen molar-refractivity contribution in [2.75, 3.05) is 0 Å². The van der Waals surface area contributed by atoms with Crippen LogP contribution in [-0.4, -0.2) is 13.5 Å². The lowest BCUT2D eigenvalue weighted by Gasteiger charge is -2.17. The van der Waals surface area contributed by atoms with Crippen molar-refractivity contribution in [3.05, 3.63) is 52.5 Å². The fourth-order valence-corrected chi connectivity index (χ4v) is 4.82. The average Bonchev–Trinajstić information content (AvgIpc) is 2.80. The van der Waals surface area contributed by atoms with Gasteiger partial charge in [0, 0.05) is 4.91 Å². The van der Waals surface area contributed by atoms with Crippen LogP contribution < -0.4 is 0 Å². The molecule has 3 rings (SSSR count). The van der Waals surface area contributed by atoms with E-state index in [0.717, 1.165) is 11.1 Å². The van der Waals surface area contributed by atoms with Crippen molar-refractivity contribution in [3.8, 4) is 0 Å². The number of fused-ring (bicyclic) bond motifs is 1. The van der Waals surface area contributed by atoms with Crippen molar-refractivity contribution in [2.24, 2.45) is 5.92 Å². The van der Waals surface area contributed by atoms with Crippen LogP contribution in [0.25, 0.3) is 0 Å². The maximum atomic E-state index is 12.8. The molecule has 20 heavy (non-hydrogen) atoms. The average molecular weight is 290 g/mol. The molecule has 0 unspecified atom stereocenters. The zero-order chi connectivity index (χ0) is 14.3. The first-order valence-electron chi connectivity index (χ1n) is 6.92. The minimum atomic E-state index is -3.44. The number of aliphatic hydroxyl groups is 1. The van der Waals surface area contributed by atoms with Gasteiger partial charge in [-0.15, -0.1) is 0 Å². The summed E-state index contributed by atoms with van der Waals surface area (Å²) >= 11 is 0. The Morgan fingerprint density at radius 2 is 2.10 bits per heavy atom. The van der Waals surface area contributed by atoms with E-state index in [1.54, 1.807) is 18.2 Å². The second kappa shape index (κ2) is 4.86. The standard InChI is InChI=1S/C16H18O3S/c1-11-4-2-5-12(10-11)20(18,19)16-7-3-6-13-14(16)8-9-15(13)17/h2-7,11,15,17H,8-10H2,1H3/t11-,15-/m0/s1. The summed E-state index contributed by atoms with van der Waals surface area (Å²) < 4.78 is 25.6. The lowest BCUT2D eigenvalue weighted by Crippen LogP contribution is -2.11. The van der Waals surface area contributed by atoms with Crippen LogP contribution in [0.5, 0.6) is 0 Å². The van der Waals surface area contributed by atoms with Crippen LogP contribution in [0.15, 0.2) is 46.2 Å². The highest BCUT2D eigenvalue weighted by Crippen LogP contribution is 2.38. The summed E-state index contributed by atoms with van der Waals surface area (Å²) in [7, 11) is -3.44. The van der Waals surface area contributed by atoms with Gasteiger partial charge in [0.2, 0.25) is 9.84 Å². The molecular formula is C16H18O3S. The quantitative estimate of drug-likeness (QED) is 0.911. The highest BCUT2D eigenvalue weighted by atomic mass is 32.2. The molecule has 0 aliphatic heterocycles. The van der Waals surface area contributed by atoms with E-state index >= 15 is 0 Å². The van der Waals surface area contributed by atoms with Gasteiger partial charge in [-0.25, -0.2) is 8.42 Å². The Labute approximate surface area is 119 Å². The molecule has 4 heteroatoms. The van der Waals surface area contributed by atoms with Crippen LogP contribution in [0.4, 0.5) is 0 Å². The molecule has 1 N–H and O–H groups in total. The highest BCUT2D eigenvalue weighted by Gasteiger charge is 2.30. The molecule has 106 valence electrons. The molecule has 0 spiro atoms. The van der Waals surface area contributed by atoms with E-state index in [9.17, 15) is 13.5 Å². The summed E-state index contributed by atoms with van der Waals surface area (Å²) in [6.07, 6.45) is 6.78. The number of hydrogen-bond donors (Lipinski definition) is 1. The Morgan fingerprint density at radius 3 is 2.85 bits per heavy atom. The Morgan fingerprint density at radius 1 is 1.30 bits per heavy atom. The second-order valence-corrected chi connectivity index (χ2v) is 7.55. The predicted molar refractivity (Wildman–Crippen MR) is 77.9 cm³/mol. The van der Waals surface area contributed by atoms with Gasteiger partial charge < -0.3 is 5.11 Å². The van der Waals surface area contributed by atoms with Crippen LogP contribution in [-0.2, 0) is 16.3 Å². The number of sulfone groups is 1. The fraction of sp³-hybridized carbons (Fsp3) is 0.375. The molecule has 0 bridgehead atoms. The SMILES string of the molecule is C[C@H]1C=CC=C(S(=O)(=O)c2cccc3c2CC[C@@H]3O)C1. The van der Waals surface area contributed by atoms with Gasteiger partial charge >= 0.3 is 0 Å². The van der Waals surface area contributed by atoms with E-state index < -0.39 is 15.9 Å². The molecule has 2 atom stereocenters. The van der Waals surface area contributed by atoms with Crippen molar-refractivity contribution in [3.63, 3.8) is 0 Å². The largest absolute Gasteiger partial charge is 0.388 e. The first kappa shape index (κ1) is 13.6. The highest BCUT2D eigenvalue weighted by molar-refractivity contribution is 7.95. The molecule has 0 saturated heterocycles. The van der Waals surface area contributed by atoms with E-state index in [2.05, 4.69) is 0 Å². The van der Waals surface area contributed by atoms with Gasteiger partial charge in [0.05, 0.1) is 11.0 Å². The van der Waals surface area contributed by atoms with Crippen molar-refractivity contribution in [1.82, 2.24) is 0 Å². The van der Waals surface area contributed by atoms with E-state index in [1.807, 2.05) is 25.1 Å². The number of rotatable bonds is 2. The zero-order valence-corrected chi connectivity index (χ0v) is 12.2. The Bertz CT molecular complexity index is 698. The number of benzene rings is 1. The molecule has 0 saturated carbocycles. The minimum absolute atomic E-state index is 0.243. The predicted octanol–water partition coefficient (Wildman–Crippen LogP) is 2.92. The maximum absolute atomic E-state index is 12.8. The Kier molecular flexibility index (Phi) is 3.30. The molecule has 0 amide bonds. The topological polar surface area (TPSA) is 54.4 Å². The Balaban J connectivity index is 2.10. The van der Waals surface area contributed by atoms with Crippen molar-refractivity contribution < 1.29 is 13.5 Å². The van der Waals surface area contributed by atoms with Crippen LogP contribution >= 0.6 is 0 Å². The minimum Gasteiger partial charge on any atom is -0.388 e. The molecule has 1 aromatic rings. The smallest absolute Gasteiger partial charge is 0.203 e. The summed E-state index contributed by atoms with van der Waals surface area (Å²) in [5.74, 6) is 0.243. The van der Waals surface area contributed by atoms with Gasteiger partial charge in [-0.1, -0.05) is 31.2 Å². The first-order valence-corrected chi connectivity index (χ1v) is 8.41. The van der Waals surface area contributed by atoms with Crippen molar-refractivity contribution in [2.45, 2.75) is 37.2 Å². The first-order chi connectivity index (χ1) is 9.50. The Hall–Kier alpha value is -1.39. The third-order valence-electron chi connectivity index (χ3n) is 4.08. The summed E-state index contributed by atoms with van der Waals surface area (Å²) in [6.45, 7) is 2.01. The van der Waals surface area contributed by atoms with E-state index in [4.69, 9.17) is 0 Å². The third-order valence-corrected chi connectivity index (χ3v) is 6.03. The molecule has 1 aromatic carbocycles. The molecule has 0 radical (unpaired) electrons. The van der Waals surface area contributed by atoms with Crippen LogP contribution in [0, 0.1) is 5.92 Å². The summed E-state index contributed by atoms with van der Waals surface area (Å²) in [5.41, 5.74) is 1.56. The van der Waals surface area contributed by atoms with E-state index in [1.165, 1.54) is 0 Å². The summed E-state index contributed by atoms with van der Waals surface area (Å²) in [6, 6.07) is 5.21. The zero-order valence-electron chi connectivity index (χ0n) is 11.4. The maximum Gasteiger partial charge on any atom is 0.203 e. The molecule has 2 aliphatic rings. The number of allylic oxidation sites excluding steroid dienone is 4. The lowest BCUT2D eigenvalue weighted by molar-refractivity contribution is 0.180. The lowest BCUT2D eigenvalue weighted by atomic mass is 10.0. The molecule has 3 nitrogen and oxygen atoms in total. The van der Waals surface area contributed by atoms with Gasteiger partial charge in [0.25, 0.3) is 0 Å². The third kappa shape index (κ3) is 2.13. The second-order valence-electron chi connectivity index (χ2n) is 5.58. The normalized spacial score (nSPS) is 25.4. The number of hydrogen-bond acceptors (Lipinski definition) is 3. The fourth-order valence-electron chi connectivity index (χ4n) is 3.00. The monoisotopic (exact) mass is 290 g/mol. The molecule has 0 fully saturated rings.